The summed E-state index contributed by atoms with van der Waals surface area (Å²) in [4.78, 5) is -0.267. The molecule has 8 heteroatoms. The molecule has 0 aromatic heterocycles. The minimum absolute atomic E-state index is 0. The second kappa shape index (κ2) is 6.75. The van der Waals surface area contributed by atoms with Crippen molar-refractivity contribution in [3.8, 4) is 5.75 Å². The lowest BCUT2D eigenvalue weighted by Gasteiger charge is -2.03. The summed E-state index contributed by atoms with van der Waals surface area (Å²) in [6.07, 6.45) is 0. The summed E-state index contributed by atoms with van der Waals surface area (Å²) in [5.41, 5.74) is 0.508. The van der Waals surface area contributed by atoms with E-state index >= 15 is 0 Å². The van der Waals surface area contributed by atoms with Crippen molar-refractivity contribution in [2.75, 3.05) is 0 Å². The molecule has 0 aliphatic rings. The Morgan fingerprint density at radius 1 is 0.875 bits per heavy atom. The summed E-state index contributed by atoms with van der Waals surface area (Å²) in [6, 6.07) is 16.1. The molecule has 3 aromatic carbocycles. The van der Waals surface area contributed by atoms with Crippen molar-refractivity contribution in [2.45, 2.75) is 4.90 Å². The summed E-state index contributed by atoms with van der Waals surface area (Å²) in [6.45, 7) is 0. The number of rotatable bonds is 3. The molecule has 0 radical (unpaired) electrons. The maximum Gasteiger partial charge on any atom is 0.294 e. The highest BCUT2D eigenvalue weighted by atomic mass is 32.2. The van der Waals surface area contributed by atoms with Gasteiger partial charge in [0.05, 0.1) is 10.6 Å². The molecular weight excluding hydrogens is 330 g/mol. The Balaban J connectivity index is 0.00000208. The van der Waals surface area contributed by atoms with Gasteiger partial charge in [0.15, 0.2) is 5.75 Å². The molecule has 124 valence electrons. The zero-order chi connectivity index (χ0) is 16.4. The van der Waals surface area contributed by atoms with Crippen LogP contribution >= 0.6 is 0 Å². The first-order valence-corrected chi connectivity index (χ1v) is 8.09. The smallest absolute Gasteiger partial charge is 0.294 e. The molecule has 0 saturated carbocycles. The summed E-state index contributed by atoms with van der Waals surface area (Å²) in [7, 11) is -4.30. The third-order valence-electron chi connectivity index (χ3n) is 3.27. The molecule has 0 spiro atoms. The number of hydrogen-bond acceptors (Lipinski definition) is 6. The van der Waals surface area contributed by atoms with Crippen LogP contribution in [0.3, 0.4) is 0 Å². The molecule has 24 heavy (non-hydrogen) atoms. The molecule has 7 nitrogen and oxygen atoms in total. The van der Waals surface area contributed by atoms with E-state index < -0.39 is 10.1 Å². The van der Waals surface area contributed by atoms with Gasteiger partial charge in [-0.15, -0.1) is 5.11 Å². The van der Waals surface area contributed by atoms with E-state index in [1.54, 1.807) is 24.3 Å². The van der Waals surface area contributed by atoms with Crippen LogP contribution in [0.5, 0.6) is 5.75 Å². The lowest BCUT2D eigenvalue weighted by molar-refractivity contribution is 0.481. The molecule has 0 fully saturated rings. The van der Waals surface area contributed by atoms with Gasteiger partial charge in [-0.2, -0.15) is 13.5 Å². The molecule has 0 amide bonds. The molecule has 0 heterocycles. The molecular formula is C16H15N3O4S. The molecule has 0 aliphatic carbocycles. The van der Waals surface area contributed by atoms with Crippen LogP contribution in [0.2, 0.25) is 0 Å². The van der Waals surface area contributed by atoms with E-state index in [0.717, 1.165) is 5.39 Å². The standard InChI is InChI=1S/C16H12N2O4S.H3N/c19-16-14-7-2-1-4-11(14)8-9-15(16)18-17-12-5-3-6-13(10-12)23(20,21)22;/h1-10,19H,(H,20,21,22);1H3. The fourth-order valence-corrected chi connectivity index (χ4v) is 2.66. The average molecular weight is 345 g/mol. The van der Waals surface area contributed by atoms with E-state index in [2.05, 4.69) is 10.2 Å². The maximum atomic E-state index is 11.1. The average Bonchev–Trinajstić information content (AvgIpc) is 2.54. The summed E-state index contributed by atoms with van der Waals surface area (Å²) in [5.74, 6) is -0.00205. The normalized spacial score (nSPS) is 11.5. The second-order valence-electron chi connectivity index (χ2n) is 4.83. The van der Waals surface area contributed by atoms with Crippen molar-refractivity contribution in [3.63, 3.8) is 0 Å². The Hall–Kier alpha value is -2.81. The summed E-state index contributed by atoms with van der Waals surface area (Å²) in [5, 5.41) is 19.6. The highest BCUT2D eigenvalue weighted by molar-refractivity contribution is 7.85. The third kappa shape index (κ3) is 3.57. The Morgan fingerprint density at radius 2 is 1.62 bits per heavy atom. The highest BCUT2D eigenvalue weighted by Crippen LogP contribution is 2.35. The van der Waals surface area contributed by atoms with Crippen LogP contribution in [0.1, 0.15) is 0 Å². The van der Waals surface area contributed by atoms with Crippen molar-refractivity contribution >= 4 is 32.3 Å². The molecule has 0 aliphatic heterocycles. The number of phenolic OH excluding ortho intramolecular Hbond substituents is 1. The zero-order valence-corrected chi connectivity index (χ0v) is 13.3. The first-order chi connectivity index (χ1) is 10.9. The molecule has 0 unspecified atom stereocenters. The second-order valence-corrected chi connectivity index (χ2v) is 6.25. The van der Waals surface area contributed by atoms with Crippen LogP contribution < -0.4 is 6.15 Å². The first-order valence-electron chi connectivity index (χ1n) is 6.65. The van der Waals surface area contributed by atoms with Gasteiger partial charge in [-0.25, -0.2) is 0 Å². The summed E-state index contributed by atoms with van der Waals surface area (Å²) < 4.78 is 31.2. The fraction of sp³-hybridized carbons (Fsp3) is 0. The largest absolute Gasteiger partial charge is 0.505 e. The zero-order valence-electron chi connectivity index (χ0n) is 12.5. The van der Waals surface area contributed by atoms with Crippen LogP contribution in [-0.2, 0) is 10.1 Å². The predicted molar refractivity (Wildman–Crippen MR) is 91.1 cm³/mol. The number of benzene rings is 3. The molecule has 0 atom stereocenters. The van der Waals surface area contributed by atoms with E-state index in [4.69, 9.17) is 4.55 Å². The van der Waals surface area contributed by atoms with Crippen molar-refractivity contribution in [2.24, 2.45) is 10.2 Å². The van der Waals surface area contributed by atoms with Gasteiger partial charge >= 0.3 is 0 Å². The number of hydrogen-bond donors (Lipinski definition) is 3. The fourth-order valence-electron chi connectivity index (χ4n) is 2.14. The lowest BCUT2D eigenvalue weighted by Crippen LogP contribution is -1.96. The van der Waals surface area contributed by atoms with E-state index in [9.17, 15) is 13.5 Å². The Morgan fingerprint density at radius 3 is 2.38 bits per heavy atom. The number of nitrogens with zero attached hydrogens (tertiary/aromatic N) is 2. The Labute approximate surface area is 138 Å². The minimum atomic E-state index is -4.30. The van der Waals surface area contributed by atoms with Crippen molar-refractivity contribution in [1.82, 2.24) is 6.15 Å². The van der Waals surface area contributed by atoms with Crippen LogP contribution in [0.25, 0.3) is 10.8 Å². The molecule has 5 N–H and O–H groups in total. The number of phenols is 1. The minimum Gasteiger partial charge on any atom is -0.505 e. The van der Waals surface area contributed by atoms with E-state index in [0.29, 0.717) is 5.39 Å². The van der Waals surface area contributed by atoms with Crippen LogP contribution in [-0.4, -0.2) is 18.1 Å². The summed E-state index contributed by atoms with van der Waals surface area (Å²) >= 11 is 0. The van der Waals surface area contributed by atoms with Crippen LogP contribution in [0.15, 0.2) is 75.8 Å². The molecule has 0 bridgehead atoms. The highest BCUT2D eigenvalue weighted by Gasteiger charge is 2.09. The maximum absolute atomic E-state index is 11.1. The van der Waals surface area contributed by atoms with Gasteiger partial charge in [-0.3, -0.25) is 4.55 Å². The predicted octanol–water partition coefficient (Wildman–Crippen LogP) is 4.37. The van der Waals surface area contributed by atoms with E-state index in [1.807, 2.05) is 12.1 Å². The van der Waals surface area contributed by atoms with Gasteiger partial charge in [0.25, 0.3) is 10.1 Å². The SMILES string of the molecule is N.O=S(=O)(O)c1cccc(N=Nc2ccc3ccccc3c2O)c1. The van der Waals surface area contributed by atoms with Crippen LogP contribution in [0, 0.1) is 0 Å². The number of azo groups is 1. The number of fused-ring (bicyclic) bond motifs is 1. The third-order valence-corrected chi connectivity index (χ3v) is 4.12. The topological polar surface area (TPSA) is 134 Å². The van der Waals surface area contributed by atoms with Crippen molar-refractivity contribution in [3.05, 3.63) is 60.7 Å². The molecule has 0 saturated heterocycles. The van der Waals surface area contributed by atoms with Gasteiger partial charge in [-0.05, 0) is 29.7 Å². The van der Waals surface area contributed by atoms with Gasteiger partial charge in [0.1, 0.15) is 5.69 Å². The molecule has 3 rings (SSSR count). The lowest BCUT2D eigenvalue weighted by atomic mass is 10.1. The Bertz CT molecular complexity index is 1020. The van der Waals surface area contributed by atoms with Gasteiger partial charge in [0, 0.05) is 5.39 Å². The first kappa shape index (κ1) is 17.5. The quantitative estimate of drug-likeness (QED) is 0.478. The van der Waals surface area contributed by atoms with E-state index in [1.165, 1.54) is 24.3 Å². The van der Waals surface area contributed by atoms with Gasteiger partial charge in [-0.1, -0.05) is 36.4 Å². The monoisotopic (exact) mass is 345 g/mol. The number of aromatic hydroxyl groups is 1. The Kier molecular flexibility index (Phi) is 4.93. The van der Waals surface area contributed by atoms with Crippen LogP contribution in [0.4, 0.5) is 11.4 Å². The van der Waals surface area contributed by atoms with Crippen molar-refractivity contribution in [1.29, 1.82) is 0 Å². The van der Waals surface area contributed by atoms with Gasteiger partial charge < -0.3 is 11.3 Å². The van der Waals surface area contributed by atoms with Gasteiger partial charge in [0.2, 0.25) is 0 Å². The molecule has 3 aromatic rings. The van der Waals surface area contributed by atoms with Crippen molar-refractivity contribution < 1.29 is 18.1 Å². The van der Waals surface area contributed by atoms with E-state index in [-0.39, 0.29) is 28.2 Å².